The molecule has 0 unspecified atom stereocenters. The van der Waals surface area contributed by atoms with Gasteiger partial charge < -0.3 is 14.5 Å². The van der Waals surface area contributed by atoms with E-state index in [0.29, 0.717) is 6.61 Å². The monoisotopic (exact) mass is 254 g/mol. The van der Waals surface area contributed by atoms with E-state index in [9.17, 15) is 0 Å². The summed E-state index contributed by atoms with van der Waals surface area (Å²) in [4.78, 5) is 4.72. The van der Waals surface area contributed by atoms with Crippen molar-refractivity contribution in [2.45, 2.75) is 6.61 Å². The Bertz CT molecular complexity index is 376. The number of hydrogen-bond acceptors (Lipinski definition) is 3. The Labute approximate surface area is 108 Å². The van der Waals surface area contributed by atoms with Gasteiger partial charge in [0, 0.05) is 44.0 Å². The zero-order valence-corrected chi connectivity index (χ0v) is 11.2. The molecule has 1 aliphatic rings. The molecule has 0 saturated carbocycles. The maximum atomic E-state index is 6.24. The first-order valence-corrected chi connectivity index (χ1v) is 6.29. The van der Waals surface area contributed by atoms with Crippen LogP contribution in [-0.2, 0) is 11.3 Å². The molecule has 0 radical (unpaired) electrons. The lowest BCUT2D eigenvalue weighted by atomic mass is 10.2. The fraction of sp³-hybridized carbons (Fsp3) is 0.538. The minimum atomic E-state index is 0.571. The normalized spacial score (nSPS) is 17.5. The predicted molar refractivity (Wildman–Crippen MR) is 71.9 cm³/mol. The molecule has 0 spiro atoms. The van der Waals surface area contributed by atoms with Gasteiger partial charge in [-0.15, -0.1) is 0 Å². The van der Waals surface area contributed by atoms with E-state index in [2.05, 4.69) is 29.0 Å². The summed E-state index contributed by atoms with van der Waals surface area (Å²) in [7, 11) is 3.84. The fourth-order valence-corrected chi connectivity index (χ4v) is 2.30. The highest BCUT2D eigenvalue weighted by Crippen LogP contribution is 2.25. The standard InChI is InChI=1S/C13H19ClN2O/c1-15-5-7-16(8-6-15)12-4-3-11(10-17-2)13(14)9-12/h3-4,9H,5-8,10H2,1-2H3. The van der Waals surface area contributed by atoms with E-state index in [1.54, 1.807) is 7.11 Å². The first-order chi connectivity index (χ1) is 8.20. The number of methoxy groups -OCH3 is 1. The third-order valence-corrected chi connectivity index (χ3v) is 3.56. The molecule has 17 heavy (non-hydrogen) atoms. The Morgan fingerprint density at radius 1 is 1.24 bits per heavy atom. The molecule has 1 saturated heterocycles. The lowest BCUT2D eigenvalue weighted by Gasteiger charge is -2.34. The van der Waals surface area contributed by atoms with Gasteiger partial charge in [-0.3, -0.25) is 0 Å². The van der Waals surface area contributed by atoms with Crippen LogP contribution in [0.5, 0.6) is 0 Å². The van der Waals surface area contributed by atoms with Crippen LogP contribution in [0.15, 0.2) is 18.2 Å². The van der Waals surface area contributed by atoms with Gasteiger partial charge in [0.15, 0.2) is 0 Å². The van der Waals surface area contributed by atoms with Gasteiger partial charge in [0.05, 0.1) is 6.61 Å². The van der Waals surface area contributed by atoms with Crippen molar-refractivity contribution in [1.82, 2.24) is 4.90 Å². The van der Waals surface area contributed by atoms with E-state index < -0.39 is 0 Å². The lowest BCUT2D eigenvalue weighted by molar-refractivity contribution is 0.185. The van der Waals surface area contributed by atoms with Crippen molar-refractivity contribution in [2.24, 2.45) is 0 Å². The summed E-state index contributed by atoms with van der Waals surface area (Å²) in [5, 5.41) is 0.795. The quantitative estimate of drug-likeness (QED) is 0.823. The van der Waals surface area contributed by atoms with Crippen LogP contribution in [0.1, 0.15) is 5.56 Å². The summed E-state index contributed by atoms with van der Waals surface area (Å²) in [6.07, 6.45) is 0. The number of likely N-dealkylation sites (N-methyl/N-ethyl adjacent to an activating group) is 1. The Morgan fingerprint density at radius 3 is 2.53 bits per heavy atom. The predicted octanol–water partition coefficient (Wildman–Crippen LogP) is 2.24. The van der Waals surface area contributed by atoms with Crippen molar-refractivity contribution >= 4 is 17.3 Å². The van der Waals surface area contributed by atoms with Gasteiger partial charge in [-0.05, 0) is 24.7 Å². The summed E-state index contributed by atoms with van der Waals surface area (Å²) in [5.41, 5.74) is 2.26. The number of halogens is 1. The second kappa shape index (κ2) is 5.71. The first kappa shape index (κ1) is 12.7. The number of rotatable bonds is 3. The van der Waals surface area contributed by atoms with Crippen molar-refractivity contribution in [1.29, 1.82) is 0 Å². The van der Waals surface area contributed by atoms with E-state index in [0.717, 1.165) is 36.8 Å². The number of anilines is 1. The lowest BCUT2D eigenvalue weighted by Crippen LogP contribution is -2.44. The van der Waals surface area contributed by atoms with Gasteiger partial charge in [-0.25, -0.2) is 0 Å². The van der Waals surface area contributed by atoms with Crippen molar-refractivity contribution < 1.29 is 4.74 Å². The third kappa shape index (κ3) is 3.12. The van der Waals surface area contributed by atoms with Crippen LogP contribution < -0.4 is 4.90 Å². The van der Waals surface area contributed by atoms with Crippen molar-refractivity contribution in [3.05, 3.63) is 28.8 Å². The second-order valence-corrected chi connectivity index (χ2v) is 4.91. The van der Waals surface area contributed by atoms with E-state index in [-0.39, 0.29) is 0 Å². The Morgan fingerprint density at radius 2 is 1.94 bits per heavy atom. The highest BCUT2D eigenvalue weighted by molar-refractivity contribution is 6.31. The summed E-state index contributed by atoms with van der Waals surface area (Å²) in [6.45, 7) is 4.92. The van der Waals surface area contributed by atoms with Crippen LogP contribution in [0.3, 0.4) is 0 Å². The van der Waals surface area contributed by atoms with E-state index in [1.165, 1.54) is 5.69 Å². The largest absolute Gasteiger partial charge is 0.380 e. The van der Waals surface area contributed by atoms with Gasteiger partial charge >= 0.3 is 0 Å². The molecule has 1 fully saturated rings. The number of ether oxygens (including phenoxy) is 1. The third-order valence-electron chi connectivity index (χ3n) is 3.20. The van der Waals surface area contributed by atoms with Crippen LogP contribution in [0.4, 0.5) is 5.69 Å². The molecule has 1 aliphatic heterocycles. The minimum absolute atomic E-state index is 0.571. The fourth-order valence-electron chi connectivity index (χ4n) is 2.07. The smallest absolute Gasteiger partial charge is 0.0727 e. The molecule has 0 aromatic heterocycles. The molecule has 1 heterocycles. The molecule has 1 aromatic carbocycles. The summed E-state index contributed by atoms with van der Waals surface area (Å²) in [6, 6.07) is 6.23. The maximum Gasteiger partial charge on any atom is 0.0727 e. The number of benzene rings is 1. The van der Waals surface area contributed by atoms with Crippen LogP contribution in [-0.4, -0.2) is 45.2 Å². The van der Waals surface area contributed by atoms with Crippen molar-refractivity contribution in [2.75, 3.05) is 45.2 Å². The molecule has 0 atom stereocenters. The average molecular weight is 255 g/mol. The highest BCUT2D eigenvalue weighted by atomic mass is 35.5. The highest BCUT2D eigenvalue weighted by Gasteiger charge is 2.14. The SMILES string of the molecule is COCc1ccc(N2CCN(C)CC2)cc1Cl. The van der Waals surface area contributed by atoms with E-state index >= 15 is 0 Å². The molecule has 3 nitrogen and oxygen atoms in total. The Kier molecular flexibility index (Phi) is 4.26. The molecular formula is C13H19ClN2O. The van der Waals surface area contributed by atoms with Crippen LogP contribution in [0.2, 0.25) is 5.02 Å². The first-order valence-electron chi connectivity index (χ1n) is 5.91. The maximum absolute atomic E-state index is 6.24. The minimum Gasteiger partial charge on any atom is -0.380 e. The zero-order chi connectivity index (χ0) is 12.3. The van der Waals surface area contributed by atoms with Gasteiger partial charge in [-0.2, -0.15) is 0 Å². The summed E-state index contributed by atoms with van der Waals surface area (Å²) >= 11 is 6.24. The van der Waals surface area contributed by atoms with Crippen molar-refractivity contribution in [3.8, 4) is 0 Å². The molecule has 0 N–H and O–H groups in total. The number of nitrogens with zero attached hydrogens (tertiary/aromatic N) is 2. The molecule has 4 heteroatoms. The van der Waals surface area contributed by atoms with Crippen molar-refractivity contribution in [3.63, 3.8) is 0 Å². The van der Waals surface area contributed by atoms with Gasteiger partial charge in [0.25, 0.3) is 0 Å². The van der Waals surface area contributed by atoms with E-state index in [1.807, 2.05) is 6.07 Å². The van der Waals surface area contributed by atoms with Gasteiger partial charge in [-0.1, -0.05) is 17.7 Å². The number of hydrogen-bond donors (Lipinski definition) is 0. The van der Waals surface area contributed by atoms with Crippen LogP contribution in [0, 0.1) is 0 Å². The summed E-state index contributed by atoms with van der Waals surface area (Å²) in [5.74, 6) is 0. The van der Waals surface area contributed by atoms with E-state index in [4.69, 9.17) is 16.3 Å². The zero-order valence-electron chi connectivity index (χ0n) is 10.4. The average Bonchev–Trinajstić information content (AvgIpc) is 2.33. The molecule has 0 amide bonds. The molecule has 1 aromatic rings. The van der Waals surface area contributed by atoms with Crippen LogP contribution in [0.25, 0.3) is 0 Å². The summed E-state index contributed by atoms with van der Waals surface area (Å²) < 4.78 is 5.10. The van der Waals surface area contributed by atoms with Crippen LogP contribution >= 0.6 is 11.6 Å². The molecule has 0 bridgehead atoms. The molecular weight excluding hydrogens is 236 g/mol. The second-order valence-electron chi connectivity index (χ2n) is 4.50. The Hall–Kier alpha value is -0.770. The van der Waals surface area contributed by atoms with Gasteiger partial charge in [0.2, 0.25) is 0 Å². The number of piperazine rings is 1. The van der Waals surface area contributed by atoms with Gasteiger partial charge in [0.1, 0.15) is 0 Å². The molecule has 0 aliphatic carbocycles. The Balaban J connectivity index is 2.09. The molecule has 94 valence electrons. The molecule has 2 rings (SSSR count). The topological polar surface area (TPSA) is 15.7 Å².